The number of hydrogen-bond donors (Lipinski definition) is 2. The molecule has 13 heteroatoms. The number of ether oxygens (including phenoxy) is 2. The quantitative estimate of drug-likeness (QED) is 0.591. The van der Waals surface area contributed by atoms with E-state index in [1.807, 2.05) is 0 Å². The van der Waals surface area contributed by atoms with Gasteiger partial charge in [0.15, 0.2) is 5.60 Å². The second kappa shape index (κ2) is 9.02. The van der Waals surface area contributed by atoms with Gasteiger partial charge >= 0.3 is 12.4 Å². The number of aromatic nitrogens is 1. The first-order chi connectivity index (χ1) is 16.1. The number of para-hydroxylation sites is 1. The van der Waals surface area contributed by atoms with E-state index in [0.717, 1.165) is 45.4 Å². The van der Waals surface area contributed by atoms with Crippen LogP contribution in [0.4, 0.5) is 32.0 Å². The minimum absolute atomic E-state index is 0.0228. The van der Waals surface area contributed by atoms with Crippen LogP contribution in [-0.4, -0.2) is 41.8 Å². The third kappa shape index (κ3) is 4.77. The predicted octanol–water partition coefficient (Wildman–Crippen LogP) is 4.29. The molecule has 190 valence electrons. The molecule has 4 atom stereocenters. The van der Waals surface area contributed by atoms with E-state index in [0.29, 0.717) is 0 Å². The number of amides is 2. The number of nitrogens with two attached hydrogens (primary N) is 1. The summed E-state index contributed by atoms with van der Waals surface area (Å²) >= 11 is 0. The van der Waals surface area contributed by atoms with Crippen LogP contribution in [0.1, 0.15) is 41.4 Å². The fourth-order valence-electron chi connectivity index (χ4n) is 4.15. The summed E-state index contributed by atoms with van der Waals surface area (Å²) in [6, 6.07) is 5.27. The van der Waals surface area contributed by atoms with Gasteiger partial charge in [-0.25, -0.2) is 0 Å². The van der Waals surface area contributed by atoms with E-state index >= 15 is 0 Å². The number of pyridine rings is 1. The van der Waals surface area contributed by atoms with E-state index in [-0.39, 0.29) is 16.9 Å². The summed E-state index contributed by atoms with van der Waals surface area (Å²) in [5, 5.41) is 2.33. The van der Waals surface area contributed by atoms with Crippen LogP contribution < -0.4 is 15.8 Å². The summed E-state index contributed by atoms with van der Waals surface area (Å²) in [6.45, 7) is 1.87. The van der Waals surface area contributed by atoms with Gasteiger partial charge in [-0.1, -0.05) is 19.1 Å². The molecule has 0 aliphatic carbocycles. The number of primary amides is 1. The molecule has 1 fully saturated rings. The molecular weight excluding hydrogens is 484 g/mol. The zero-order chi connectivity index (χ0) is 26.3. The lowest BCUT2D eigenvalue weighted by Gasteiger charge is -2.32. The molecule has 2 heterocycles. The Morgan fingerprint density at radius 1 is 1.17 bits per heavy atom. The van der Waals surface area contributed by atoms with Gasteiger partial charge in [-0.2, -0.15) is 26.3 Å². The number of nitrogens with one attached hydrogen (secondary N) is 1. The highest BCUT2D eigenvalue weighted by atomic mass is 19.4. The number of carbonyl (C=O) groups excluding carboxylic acids is 2. The predicted molar refractivity (Wildman–Crippen MR) is 111 cm³/mol. The third-order valence-electron chi connectivity index (χ3n) is 6.12. The highest BCUT2D eigenvalue weighted by molar-refractivity contribution is 5.97. The first-order valence-corrected chi connectivity index (χ1v) is 10.2. The Kier molecular flexibility index (Phi) is 6.77. The molecular formula is C22H21F6N3O4. The van der Waals surface area contributed by atoms with Crippen LogP contribution in [0.2, 0.25) is 0 Å². The second-order valence-electron chi connectivity index (χ2n) is 8.17. The molecule has 1 aliphatic rings. The largest absolute Gasteiger partial charge is 0.496 e. The topological polar surface area (TPSA) is 104 Å². The van der Waals surface area contributed by atoms with Crippen molar-refractivity contribution in [3.05, 3.63) is 53.3 Å². The van der Waals surface area contributed by atoms with Crippen molar-refractivity contribution in [3.63, 3.8) is 0 Å². The maximum absolute atomic E-state index is 14.0. The van der Waals surface area contributed by atoms with E-state index in [9.17, 15) is 35.9 Å². The van der Waals surface area contributed by atoms with E-state index in [1.54, 1.807) is 0 Å². The Hall–Kier alpha value is -3.35. The number of nitrogens with zero attached hydrogens (tertiary/aromatic N) is 1. The zero-order valence-electron chi connectivity index (χ0n) is 18.6. The van der Waals surface area contributed by atoms with Crippen LogP contribution in [0.25, 0.3) is 0 Å². The first kappa shape index (κ1) is 26.3. The summed E-state index contributed by atoms with van der Waals surface area (Å²) < 4.78 is 93.0. The summed E-state index contributed by atoms with van der Waals surface area (Å²) in [5.41, 5.74) is 0.564. The van der Waals surface area contributed by atoms with Gasteiger partial charge in [-0.15, -0.1) is 0 Å². The third-order valence-corrected chi connectivity index (χ3v) is 6.12. The number of methoxy groups -OCH3 is 1. The molecule has 0 spiro atoms. The Morgan fingerprint density at radius 2 is 1.83 bits per heavy atom. The van der Waals surface area contributed by atoms with Gasteiger partial charge < -0.3 is 20.5 Å². The van der Waals surface area contributed by atoms with Crippen molar-refractivity contribution >= 4 is 17.5 Å². The standard InChI is InChI=1S/C22H21F6N3O4/c1-10-15(12-5-4-6-13(16(12)34-3)21(23,24)25)17(35-20(10,2)22(26,27)28)19(33)31-11-7-8-30-14(9-11)18(29)32/h4-10,15,17H,1-3H3,(H2,29,32)(H,30,31,33)/t10-,15-,17-,20+/m0/s1. The number of alkyl halides is 6. The lowest BCUT2D eigenvalue weighted by molar-refractivity contribution is -0.272. The molecule has 3 N–H and O–H groups in total. The van der Waals surface area contributed by atoms with Crippen molar-refractivity contribution in [1.82, 2.24) is 4.98 Å². The number of benzene rings is 1. The van der Waals surface area contributed by atoms with Gasteiger partial charge in [0, 0.05) is 29.3 Å². The van der Waals surface area contributed by atoms with Crippen LogP contribution in [-0.2, 0) is 15.7 Å². The van der Waals surface area contributed by atoms with Crippen molar-refractivity contribution in [3.8, 4) is 5.75 Å². The van der Waals surface area contributed by atoms with Crippen LogP contribution in [0.3, 0.4) is 0 Å². The maximum Gasteiger partial charge on any atom is 0.419 e. The number of halogens is 6. The normalized spacial score (nSPS) is 24.8. The van der Waals surface area contributed by atoms with E-state index in [4.69, 9.17) is 15.2 Å². The molecule has 0 saturated carbocycles. The minimum Gasteiger partial charge on any atom is -0.496 e. The highest BCUT2D eigenvalue weighted by Crippen LogP contribution is 2.55. The molecule has 1 aliphatic heterocycles. The molecule has 1 aromatic heterocycles. The molecule has 1 saturated heterocycles. The minimum atomic E-state index is -4.95. The smallest absolute Gasteiger partial charge is 0.419 e. The summed E-state index contributed by atoms with van der Waals surface area (Å²) in [6.07, 6.45) is -10.5. The Bertz CT molecular complexity index is 1140. The lowest BCUT2D eigenvalue weighted by atomic mass is 9.76. The van der Waals surface area contributed by atoms with Crippen molar-refractivity contribution in [1.29, 1.82) is 0 Å². The fourth-order valence-corrected chi connectivity index (χ4v) is 4.15. The molecule has 0 unspecified atom stereocenters. The zero-order valence-corrected chi connectivity index (χ0v) is 18.6. The first-order valence-electron chi connectivity index (χ1n) is 10.2. The van der Waals surface area contributed by atoms with Gasteiger partial charge in [0.25, 0.3) is 11.8 Å². The SMILES string of the molecule is COc1c([C@H]2[C@@H](C(=O)Nc3ccnc(C(N)=O)c3)O[C@@](C)(C(F)(F)F)[C@H]2C)cccc1C(F)(F)F. The van der Waals surface area contributed by atoms with Gasteiger partial charge in [-0.3, -0.25) is 14.6 Å². The Labute approximate surface area is 195 Å². The molecule has 2 aromatic rings. The van der Waals surface area contributed by atoms with Crippen LogP contribution in [0, 0.1) is 5.92 Å². The van der Waals surface area contributed by atoms with Crippen molar-refractivity contribution < 1.29 is 45.4 Å². The van der Waals surface area contributed by atoms with E-state index < -0.39 is 59.0 Å². The summed E-state index contributed by atoms with van der Waals surface area (Å²) in [4.78, 5) is 28.2. The monoisotopic (exact) mass is 505 g/mol. The number of anilines is 1. The number of carbonyl (C=O) groups is 2. The van der Waals surface area contributed by atoms with Crippen LogP contribution in [0.15, 0.2) is 36.5 Å². The molecule has 0 radical (unpaired) electrons. The molecule has 7 nitrogen and oxygen atoms in total. The highest BCUT2D eigenvalue weighted by Gasteiger charge is 2.66. The Balaban J connectivity index is 2.11. The van der Waals surface area contributed by atoms with Gasteiger partial charge in [-0.05, 0) is 25.1 Å². The van der Waals surface area contributed by atoms with Crippen molar-refractivity contribution in [2.24, 2.45) is 11.7 Å². The second-order valence-corrected chi connectivity index (χ2v) is 8.17. The van der Waals surface area contributed by atoms with Crippen molar-refractivity contribution in [2.45, 2.75) is 43.8 Å². The lowest BCUT2D eigenvalue weighted by Crippen LogP contribution is -2.47. The molecule has 2 amide bonds. The van der Waals surface area contributed by atoms with E-state index in [1.165, 1.54) is 12.1 Å². The number of hydrogen-bond acceptors (Lipinski definition) is 5. The van der Waals surface area contributed by atoms with Crippen LogP contribution >= 0.6 is 0 Å². The van der Waals surface area contributed by atoms with E-state index in [2.05, 4.69) is 10.3 Å². The average Bonchev–Trinajstić information content (AvgIpc) is 3.04. The van der Waals surface area contributed by atoms with Gasteiger partial charge in [0.05, 0.1) is 12.7 Å². The van der Waals surface area contributed by atoms with Gasteiger partial charge in [0.2, 0.25) is 0 Å². The molecule has 0 bridgehead atoms. The van der Waals surface area contributed by atoms with Gasteiger partial charge in [0.1, 0.15) is 17.5 Å². The molecule has 1 aromatic carbocycles. The number of rotatable bonds is 5. The summed E-state index contributed by atoms with van der Waals surface area (Å²) in [7, 11) is 0.953. The van der Waals surface area contributed by atoms with Crippen molar-refractivity contribution in [2.75, 3.05) is 12.4 Å². The maximum atomic E-state index is 14.0. The molecule has 35 heavy (non-hydrogen) atoms. The average molecular weight is 505 g/mol. The Morgan fingerprint density at radius 3 is 2.37 bits per heavy atom. The van der Waals surface area contributed by atoms with Crippen LogP contribution in [0.5, 0.6) is 5.75 Å². The molecule has 3 rings (SSSR count). The fraction of sp³-hybridized carbons (Fsp3) is 0.409. The summed E-state index contributed by atoms with van der Waals surface area (Å²) in [5.74, 6) is -5.66.